The molecular formula is C97H101ClF3N15O13. The number of piperazine rings is 3. The van der Waals surface area contributed by atoms with Crippen molar-refractivity contribution in [2.75, 3.05) is 193 Å². The lowest BCUT2D eigenvalue weighted by atomic mass is 10.00. The molecule has 2 aromatic heterocycles. The van der Waals surface area contributed by atoms with E-state index in [1.54, 1.807) is 78.9 Å². The number of aromatic amines is 2. The van der Waals surface area contributed by atoms with Crippen LogP contribution in [0.4, 0.5) is 53.0 Å². The molecule has 0 saturated carbocycles. The van der Waals surface area contributed by atoms with Gasteiger partial charge in [0.1, 0.15) is 23.2 Å². The van der Waals surface area contributed by atoms with E-state index in [0.717, 1.165) is 125 Å². The molecule has 4 amide bonds. The zero-order chi connectivity index (χ0) is 90.1. The fraction of sp³-hybridized carbons (Fsp3) is 0.289. The molecule has 0 radical (unpaired) electrons. The highest BCUT2D eigenvalue weighted by Gasteiger charge is 2.34. The third kappa shape index (κ3) is 20.9. The molecule has 129 heavy (non-hydrogen) atoms. The summed E-state index contributed by atoms with van der Waals surface area (Å²) < 4.78 is 60.5. The number of hydrogen-bond acceptors (Lipinski definition) is 22. The number of nitrogens with one attached hydrogen (secondary N) is 3. The quantitative estimate of drug-likeness (QED) is 0.0123. The summed E-state index contributed by atoms with van der Waals surface area (Å²) in [6.07, 6.45) is 2.34. The van der Waals surface area contributed by atoms with Crippen molar-refractivity contribution >= 4 is 138 Å². The van der Waals surface area contributed by atoms with Crippen LogP contribution < -0.4 is 25.8 Å². The second kappa shape index (κ2) is 40.6. The van der Waals surface area contributed by atoms with Gasteiger partial charge in [-0.05, 0) is 221 Å². The molecule has 0 bridgehead atoms. The van der Waals surface area contributed by atoms with E-state index in [4.69, 9.17) is 29.9 Å². The maximum Gasteiger partial charge on any atom is 0.337 e. The van der Waals surface area contributed by atoms with E-state index in [9.17, 15) is 56.9 Å². The van der Waals surface area contributed by atoms with Crippen molar-refractivity contribution in [3.63, 3.8) is 0 Å². The summed E-state index contributed by atoms with van der Waals surface area (Å²) in [6, 6.07) is 49.5. The van der Waals surface area contributed by atoms with Gasteiger partial charge in [0, 0.05) is 165 Å². The zero-order valence-electron chi connectivity index (χ0n) is 72.6. The van der Waals surface area contributed by atoms with Crippen molar-refractivity contribution in [3.05, 3.63) is 266 Å². The molecule has 3 fully saturated rings. The fourth-order valence-corrected chi connectivity index (χ4v) is 16.9. The Labute approximate surface area is 750 Å². The number of ether oxygens (including phenoxy) is 4. The third-order valence-corrected chi connectivity index (χ3v) is 24.0. The number of likely N-dealkylation sites (N-methyl/N-ethyl adjacent to an activating group) is 3. The van der Waals surface area contributed by atoms with Gasteiger partial charge in [-0.3, -0.25) is 33.9 Å². The van der Waals surface area contributed by atoms with Crippen LogP contribution in [0, 0.1) is 17.5 Å². The number of H-pyrrole nitrogens is 2. The molecule has 9 heterocycles. The minimum absolute atomic E-state index is 0. The number of carbonyl (C=O) groups is 7. The first-order valence-corrected chi connectivity index (χ1v) is 42.2. The van der Waals surface area contributed by atoms with Crippen molar-refractivity contribution in [2.24, 2.45) is 9.98 Å². The number of aliphatic imine (C=N–C) groups is 2. The Kier molecular flexibility index (Phi) is 28.9. The van der Waals surface area contributed by atoms with Crippen molar-refractivity contribution in [2.45, 2.75) is 19.3 Å². The van der Waals surface area contributed by atoms with E-state index < -0.39 is 17.9 Å². The van der Waals surface area contributed by atoms with Crippen LogP contribution in [0.1, 0.15) is 81.1 Å². The maximum absolute atomic E-state index is 13.8. The molecule has 18 rings (SSSR count). The molecule has 0 spiro atoms. The average Bonchev–Trinajstić information content (AvgIpc) is 1.63. The van der Waals surface area contributed by atoms with Crippen LogP contribution in [0.15, 0.2) is 192 Å². The highest BCUT2D eigenvalue weighted by Crippen LogP contribution is 2.42. The number of aromatic hydroxyl groups is 2. The Balaban J connectivity index is 0.000000145. The van der Waals surface area contributed by atoms with Gasteiger partial charge in [0.25, 0.3) is 5.91 Å². The van der Waals surface area contributed by atoms with Gasteiger partial charge in [-0.15, -0.1) is 12.4 Å². The smallest absolute Gasteiger partial charge is 0.337 e. The number of carbonyl (C=O) groups excluding carboxylic acids is 7. The summed E-state index contributed by atoms with van der Waals surface area (Å²) in [5, 5.41) is 26.0. The molecule has 3 saturated heterocycles. The van der Waals surface area contributed by atoms with Crippen molar-refractivity contribution in [1.82, 2.24) is 39.4 Å². The van der Waals surface area contributed by atoms with Crippen molar-refractivity contribution in [3.8, 4) is 11.8 Å². The van der Waals surface area contributed by atoms with Gasteiger partial charge in [-0.25, -0.2) is 37.5 Å². The highest BCUT2D eigenvalue weighted by molar-refractivity contribution is 6.36. The van der Waals surface area contributed by atoms with Crippen LogP contribution in [0.25, 0.3) is 33.1 Å². The number of amides is 4. The van der Waals surface area contributed by atoms with E-state index in [-0.39, 0.29) is 65.2 Å². The monoisotopic (exact) mass is 1780 g/mol. The maximum atomic E-state index is 13.8. The van der Waals surface area contributed by atoms with Gasteiger partial charge in [-0.2, -0.15) is 0 Å². The van der Waals surface area contributed by atoms with Crippen LogP contribution in [0.5, 0.6) is 11.8 Å². The van der Waals surface area contributed by atoms with Gasteiger partial charge in [0.05, 0.1) is 110 Å². The Morgan fingerprint density at radius 2 is 0.744 bits per heavy atom. The first-order valence-electron chi connectivity index (χ1n) is 42.2. The number of aromatic nitrogens is 2. The number of nitrogens with two attached hydrogens (primary N) is 1. The summed E-state index contributed by atoms with van der Waals surface area (Å²) in [5.74, 6) is -2.51. The molecule has 0 unspecified atom stereocenters. The number of benzene rings is 9. The molecule has 32 heteroatoms. The van der Waals surface area contributed by atoms with Gasteiger partial charge >= 0.3 is 17.9 Å². The predicted molar refractivity (Wildman–Crippen MR) is 494 cm³/mol. The first kappa shape index (κ1) is 91.7. The molecular weight excluding hydrogens is 1680 g/mol. The predicted octanol–water partition coefficient (Wildman–Crippen LogP) is 12.1. The van der Waals surface area contributed by atoms with Crippen LogP contribution >= 0.6 is 12.4 Å². The SMILES string of the molecule is CN1CCN(CC(=O)N2CCc3cc(N)ccc32)CC1.COC(=O)c1ccc2c(C(=Nc3ccc4c(c3)CCN4C(=O)CN3CCN(C)CC3)c3ccc(F)cc3)c(O)[nH]c2c1.COC(=O)c1ccc2c(C(=Nc3ccc4c(c3)CCN4C(=O)CN3CCN(C)CC3)c3ccc(F)cc3)c(O)[nH]c2c1.COC(=O)c1ccc2c(c1)NC(=O)/C2=C(\OC)c1ccc(F)cc1.Cl. The lowest BCUT2D eigenvalue weighted by molar-refractivity contribution is -0.120. The third-order valence-electron chi connectivity index (χ3n) is 24.0. The van der Waals surface area contributed by atoms with E-state index in [1.807, 2.05) is 69.3 Å². The molecule has 7 aliphatic rings. The normalized spacial score (nSPS) is 16.4. The highest BCUT2D eigenvalue weighted by atomic mass is 35.5. The van der Waals surface area contributed by atoms with Crippen LogP contribution in [-0.4, -0.2) is 270 Å². The van der Waals surface area contributed by atoms with Crippen LogP contribution in [0.2, 0.25) is 0 Å². The van der Waals surface area contributed by atoms with E-state index in [1.165, 1.54) is 82.5 Å². The minimum Gasteiger partial charge on any atom is -0.495 e. The van der Waals surface area contributed by atoms with E-state index in [0.29, 0.717) is 157 Å². The number of nitrogen functional groups attached to an aromatic ring is 1. The lowest BCUT2D eigenvalue weighted by Gasteiger charge is -2.32. The minimum atomic E-state index is -0.492. The summed E-state index contributed by atoms with van der Waals surface area (Å²) in [7, 11) is 11.7. The average molecular weight is 1780 g/mol. The van der Waals surface area contributed by atoms with Gasteiger partial charge in [0.15, 0.2) is 11.8 Å². The molecule has 7 N–H and O–H groups in total. The number of nitrogens with zero attached hydrogens (tertiary/aromatic N) is 11. The van der Waals surface area contributed by atoms with Crippen molar-refractivity contribution in [1.29, 1.82) is 0 Å². The Bertz CT molecular complexity index is 5910. The van der Waals surface area contributed by atoms with E-state index >= 15 is 0 Å². The van der Waals surface area contributed by atoms with Gasteiger partial charge < -0.3 is 79.6 Å². The number of hydrogen-bond donors (Lipinski definition) is 6. The molecule has 7 aliphatic heterocycles. The zero-order valence-corrected chi connectivity index (χ0v) is 73.4. The topological polar surface area (TPSA) is 320 Å². The second-order valence-corrected chi connectivity index (χ2v) is 32.4. The number of methoxy groups -OCH3 is 4. The number of esters is 3. The van der Waals surface area contributed by atoms with Crippen molar-refractivity contribution < 1.29 is 75.9 Å². The summed E-state index contributed by atoms with van der Waals surface area (Å²) in [6.45, 7) is 14.7. The molecule has 0 aliphatic carbocycles. The summed E-state index contributed by atoms with van der Waals surface area (Å²) in [4.78, 5) is 122. The molecule has 0 atom stereocenters. The number of halogens is 4. The van der Waals surface area contributed by atoms with E-state index in [2.05, 4.69) is 70.6 Å². The number of anilines is 5. The summed E-state index contributed by atoms with van der Waals surface area (Å²) >= 11 is 0. The molecule has 28 nitrogen and oxygen atoms in total. The number of fused-ring (bicyclic) bond motifs is 6. The first-order chi connectivity index (χ1) is 61.8. The lowest BCUT2D eigenvalue weighted by Crippen LogP contribution is -2.48. The molecule has 670 valence electrons. The van der Waals surface area contributed by atoms with Crippen LogP contribution in [0.3, 0.4) is 0 Å². The fourth-order valence-electron chi connectivity index (χ4n) is 16.9. The Morgan fingerprint density at radius 3 is 1.12 bits per heavy atom. The van der Waals surface area contributed by atoms with Crippen LogP contribution in [-0.2, 0) is 57.4 Å². The second-order valence-electron chi connectivity index (χ2n) is 32.4. The Morgan fingerprint density at radius 1 is 0.403 bits per heavy atom. The standard InChI is InChI=1S/2C32H32FN5O4.C18H14FNO4.C15H22N4O.ClH/c2*1-36-13-15-37(16-14-36)19-28(39)38-12-11-21-17-24(8-10-27(21)38)34-30(20-3-6-23(33)7-4-20)29-25-9-5-22(32(41)42-2)18-26(25)35-31(29)40;1-23-16(10-3-6-12(19)7-4-10)15-13-8-5-11(18(22)24-2)9-14(13)20-17(15)21;1-17-6-8-18(9-7-17)11-15(20)19-5-4-12-10-13(16)2-3-14(12)19;/h2*3-10,17-18,35,40H,11-16,19H2,1-2H3;3-9H,1-2H3,(H,20,21);2-3,10H,4-9,11,16H2,1H3;1H/b;;16-15-;;. The molecule has 11 aromatic rings. The van der Waals surface area contributed by atoms with Gasteiger partial charge in [0.2, 0.25) is 17.7 Å². The van der Waals surface area contributed by atoms with Gasteiger partial charge in [-0.1, -0.05) is 18.2 Å². The largest absolute Gasteiger partial charge is 0.495 e. The molecule has 9 aromatic carbocycles. The number of rotatable bonds is 17. The Hall–Kier alpha value is -13.5. The summed E-state index contributed by atoms with van der Waals surface area (Å²) in [5.41, 5.74) is 20.9.